The highest BCUT2D eigenvalue weighted by molar-refractivity contribution is 5.90. The molecule has 0 fully saturated rings. The minimum absolute atomic E-state index is 0.259. The first-order valence-electron chi connectivity index (χ1n) is 6.56. The lowest BCUT2D eigenvalue weighted by Gasteiger charge is -2.09. The second-order valence-electron chi connectivity index (χ2n) is 4.86. The van der Waals surface area contributed by atoms with Crippen molar-refractivity contribution in [3.05, 3.63) is 41.9 Å². The fraction of sp³-hybridized carbons (Fsp3) is 0.188. The van der Waals surface area contributed by atoms with Gasteiger partial charge in [0.15, 0.2) is 0 Å². The Morgan fingerprint density at radius 2 is 1.95 bits per heavy atom. The Labute approximate surface area is 122 Å². The Bertz CT molecular complexity index is 787. The van der Waals surface area contributed by atoms with E-state index in [0.717, 1.165) is 33.8 Å². The fourth-order valence-corrected chi connectivity index (χ4v) is 2.39. The van der Waals surface area contributed by atoms with E-state index < -0.39 is 0 Å². The topological polar surface area (TPSA) is 74.4 Å². The summed E-state index contributed by atoms with van der Waals surface area (Å²) in [4.78, 5) is 0. The summed E-state index contributed by atoms with van der Waals surface area (Å²) in [5, 5.41) is 4.08. The van der Waals surface area contributed by atoms with Crippen molar-refractivity contribution in [2.75, 3.05) is 12.8 Å². The van der Waals surface area contributed by atoms with Crippen LogP contribution in [0.15, 0.2) is 39.5 Å². The number of rotatable bonds is 3. The summed E-state index contributed by atoms with van der Waals surface area (Å²) in [6.45, 7) is 3.88. The Morgan fingerprint density at radius 1 is 1.14 bits per heavy atom. The maximum Gasteiger partial charge on any atom is 0.230 e. The molecular weight excluding hydrogens is 268 g/mol. The first-order chi connectivity index (χ1) is 10.1. The van der Waals surface area contributed by atoms with Crippen LogP contribution in [0.25, 0.3) is 22.4 Å². The van der Waals surface area contributed by atoms with Gasteiger partial charge in [-0.05, 0) is 32.0 Å². The molecule has 0 spiro atoms. The number of methoxy groups -OCH3 is 1. The molecule has 0 atom stereocenters. The molecule has 0 bridgehead atoms. The van der Waals surface area contributed by atoms with Crippen LogP contribution in [0.4, 0.5) is 5.88 Å². The number of anilines is 1. The SMILES string of the molecule is COc1ccc(C)cc1-c1c(-c2ccoc2C)noc1N. The Kier molecular flexibility index (Phi) is 3.17. The number of nitrogens with two attached hydrogens (primary N) is 1. The quantitative estimate of drug-likeness (QED) is 0.791. The number of benzene rings is 1. The Balaban J connectivity index is 2.27. The molecule has 2 N–H and O–H groups in total. The maximum absolute atomic E-state index is 5.99. The van der Waals surface area contributed by atoms with E-state index in [1.807, 2.05) is 38.1 Å². The molecule has 0 amide bonds. The zero-order valence-electron chi connectivity index (χ0n) is 12.1. The van der Waals surface area contributed by atoms with Gasteiger partial charge in [0, 0.05) is 11.1 Å². The summed E-state index contributed by atoms with van der Waals surface area (Å²) >= 11 is 0. The first-order valence-corrected chi connectivity index (χ1v) is 6.56. The highest BCUT2D eigenvalue weighted by Crippen LogP contribution is 2.42. The molecule has 2 heterocycles. The van der Waals surface area contributed by atoms with Crippen molar-refractivity contribution >= 4 is 5.88 Å². The zero-order chi connectivity index (χ0) is 15.0. The molecule has 0 aliphatic rings. The number of aryl methyl sites for hydroxylation is 2. The molecule has 5 nitrogen and oxygen atoms in total. The molecule has 5 heteroatoms. The van der Waals surface area contributed by atoms with E-state index in [4.69, 9.17) is 19.4 Å². The third kappa shape index (κ3) is 2.16. The van der Waals surface area contributed by atoms with Gasteiger partial charge in [-0.2, -0.15) is 0 Å². The fourth-order valence-electron chi connectivity index (χ4n) is 2.39. The average Bonchev–Trinajstić information content (AvgIpc) is 3.04. The highest BCUT2D eigenvalue weighted by atomic mass is 16.5. The lowest BCUT2D eigenvalue weighted by molar-refractivity contribution is 0.416. The molecule has 21 heavy (non-hydrogen) atoms. The van der Waals surface area contributed by atoms with Crippen molar-refractivity contribution in [3.8, 4) is 28.1 Å². The van der Waals surface area contributed by atoms with Gasteiger partial charge in [-0.25, -0.2) is 0 Å². The van der Waals surface area contributed by atoms with Crippen molar-refractivity contribution in [1.82, 2.24) is 5.16 Å². The summed E-state index contributed by atoms with van der Waals surface area (Å²) in [7, 11) is 1.63. The van der Waals surface area contributed by atoms with Crippen LogP contribution in [0.5, 0.6) is 5.75 Å². The van der Waals surface area contributed by atoms with Gasteiger partial charge in [-0.3, -0.25) is 0 Å². The maximum atomic E-state index is 5.99. The molecule has 0 aliphatic carbocycles. The standard InChI is InChI=1S/C16H16N2O3/c1-9-4-5-13(19-3)12(8-9)14-15(18-21-16(14)17)11-6-7-20-10(11)2/h4-8H,17H2,1-3H3. The van der Waals surface area contributed by atoms with Crippen molar-refractivity contribution in [2.24, 2.45) is 0 Å². The smallest absolute Gasteiger partial charge is 0.230 e. The van der Waals surface area contributed by atoms with E-state index in [0.29, 0.717) is 5.69 Å². The van der Waals surface area contributed by atoms with Gasteiger partial charge in [-0.1, -0.05) is 16.8 Å². The van der Waals surface area contributed by atoms with E-state index in [1.165, 1.54) is 0 Å². The molecule has 0 saturated heterocycles. The van der Waals surface area contributed by atoms with Crippen LogP contribution in [0.3, 0.4) is 0 Å². The second-order valence-corrected chi connectivity index (χ2v) is 4.86. The van der Waals surface area contributed by atoms with Gasteiger partial charge in [0.2, 0.25) is 5.88 Å². The zero-order valence-corrected chi connectivity index (χ0v) is 12.1. The van der Waals surface area contributed by atoms with E-state index >= 15 is 0 Å². The lowest BCUT2D eigenvalue weighted by atomic mass is 9.99. The molecule has 0 saturated carbocycles. The van der Waals surface area contributed by atoms with E-state index in [1.54, 1.807) is 13.4 Å². The predicted octanol–water partition coefficient (Wildman–Crippen LogP) is 3.81. The molecule has 0 unspecified atom stereocenters. The molecular formula is C16H16N2O3. The number of nitrogens with zero attached hydrogens (tertiary/aromatic N) is 1. The van der Waals surface area contributed by atoms with Crippen LogP contribution in [-0.2, 0) is 0 Å². The molecule has 0 radical (unpaired) electrons. The second kappa shape index (κ2) is 5.01. The molecule has 3 rings (SSSR count). The minimum Gasteiger partial charge on any atom is -0.496 e. The normalized spacial score (nSPS) is 10.8. The van der Waals surface area contributed by atoms with Crippen LogP contribution in [0.1, 0.15) is 11.3 Å². The monoisotopic (exact) mass is 284 g/mol. The average molecular weight is 284 g/mol. The van der Waals surface area contributed by atoms with Crippen LogP contribution < -0.4 is 10.5 Å². The molecule has 1 aromatic carbocycles. The molecule has 3 aromatic rings. The number of hydrogen-bond donors (Lipinski definition) is 1. The number of nitrogen functional groups attached to an aromatic ring is 1. The summed E-state index contributed by atoms with van der Waals surface area (Å²) in [6, 6.07) is 7.73. The van der Waals surface area contributed by atoms with Gasteiger partial charge < -0.3 is 19.4 Å². The third-order valence-electron chi connectivity index (χ3n) is 3.46. The predicted molar refractivity (Wildman–Crippen MR) is 80.1 cm³/mol. The summed E-state index contributed by atoms with van der Waals surface area (Å²) in [6.07, 6.45) is 1.62. The number of hydrogen-bond acceptors (Lipinski definition) is 5. The molecule has 0 aliphatic heterocycles. The van der Waals surface area contributed by atoms with Crippen LogP contribution >= 0.6 is 0 Å². The highest BCUT2D eigenvalue weighted by Gasteiger charge is 2.22. The van der Waals surface area contributed by atoms with Crippen molar-refractivity contribution in [2.45, 2.75) is 13.8 Å². The minimum atomic E-state index is 0.259. The largest absolute Gasteiger partial charge is 0.496 e. The van der Waals surface area contributed by atoms with E-state index in [9.17, 15) is 0 Å². The van der Waals surface area contributed by atoms with Gasteiger partial charge in [0.25, 0.3) is 0 Å². The van der Waals surface area contributed by atoms with Crippen molar-refractivity contribution < 1.29 is 13.7 Å². The van der Waals surface area contributed by atoms with Crippen molar-refractivity contribution in [1.29, 1.82) is 0 Å². The Morgan fingerprint density at radius 3 is 2.62 bits per heavy atom. The van der Waals surface area contributed by atoms with Gasteiger partial charge in [-0.15, -0.1) is 0 Å². The van der Waals surface area contributed by atoms with Crippen molar-refractivity contribution in [3.63, 3.8) is 0 Å². The summed E-state index contributed by atoms with van der Waals surface area (Å²) in [5.41, 5.74) is 10.2. The van der Waals surface area contributed by atoms with Crippen LogP contribution in [-0.4, -0.2) is 12.3 Å². The summed E-state index contributed by atoms with van der Waals surface area (Å²) < 4.78 is 16.0. The van der Waals surface area contributed by atoms with E-state index in [-0.39, 0.29) is 5.88 Å². The molecule has 108 valence electrons. The van der Waals surface area contributed by atoms with Gasteiger partial charge in [0.05, 0.1) is 18.9 Å². The van der Waals surface area contributed by atoms with Gasteiger partial charge >= 0.3 is 0 Å². The molecule has 2 aromatic heterocycles. The van der Waals surface area contributed by atoms with Crippen LogP contribution in [0, 0.1) is 13.8 Å². The lowest BCUT2D eigenvalue weighted by Crippen LogP contribution is -1.93. The number of furan rings is 1. The summed E-state index contributed by atoms with van der Waals surface area (Å²) in [5.74, 6) is 1.74. The number of ether oxygens (including phenoxy) is 1. The van der Waals surface area contributed by atoms with Crippen LogP contribution in [0.2, 0.25) is 0 Å². The van der Waals surface area contributed by atoms with Gasteiger partial charge in [0.1, 0.15) is 17.2 Å². The Hall–Kier alpha value is -2.69. The first kappa shape index (κ1) is 13.3. The third-order valence-corrected chi connectivity index (χ3v) is 3.46. The van der Waals surface area contributed by atoms with E-state index in [2.05, 4.69) is 5.16 Å². The number of aromatic nitrogens is 1.